The second-order valence-corrected chi connectivity index (χ2v) is 6.03. The average molecular weight is 197 g/mol. The summed E-state index contributed by atoms with van der Waals surface area (Å²) >= 11 is 0. The molecule has 2 fully saturated rings. The highest BCUT2D eigenvalue weighted by Crippen LogP contribution is 2.54. The highest BCUT2D eigenvalue weighted by Gasteiger charge is 2.52. The van der Waals surface area contributed by atoms with Crippen LogP contribution >= 0.6 is 0 Å². The highest BCUT2D eigenvalue weighted by atomic mass is 16.5. The summed E-state index contributed by atoms with van der Waals surface area (Å²) in [5.41, 5.74) is 6.31. The molecule has 1 heterocycles. The van der Waals surface area contributed by atoms with Gasteiger partial charge in [-0.25, -0.2) is 0 Å². The lowest BCUT2D eigenvalue weighted by Gasteiger charge is -2.29. The Kier molecular flexibility index (Phi) is 2.39. The molecule has 1 saturated heterocycles. The predicted molar refractivity (Wildman–Crippen MR) is 58.1 cm³/mol. The van der Waals surface area contributed by atoms with E-state index in [4.69, 9.17) is 10.5 Å². The van der Waals surface area contributed by atoms with Crippen molar-refractivity contribution in [2.45, 2.75) is 58.2 Å². The molecule has 1 aliphatic carbocycles. The van der Waals surface area contributed by atoms with E-state index in [0.717, 1.165) is 6.42 Å². The maximum Gasteiger partial charge on any atom is 0.0718 e. The van der Waals surface area contributed by atoms with E-state index in [-0.39, 0.29) is 5.60 Å². The Morgan fingerprint density at radius 1 is 1.43 bits per heavy atom. The van der Waals surface area contributed by atoms with Crippen LogP contribution in [0.2, 0.25) is 0 Å². The summed E-state index contributed by atoms with van der Waals surface area (Å²) in [5.74, 6) is 0.703. The van der Waals surface area contributed by atoms with Crippen molar-refractivity contribution in [3.63, 3.8) is 0 Å². The monoisotopic (exact) mass is 197 g/mol. The molecule has 1 spiro atoms. The Labute approximate surface area is 87.2 Å². The minimum absolute atomic E-state index is 0.174. The molecule has 0 aromatic rings. The third-order valence-electron chi connectivity index (χ3n) is 4.09. The van der Waals surface area contributed by atoms with Gasteiger partial charge in [0, 0.05) is 6.54 Å². The van der Waals surface area contributed by atoms with Gasteiger partial charge >= 0.3 is 0 Å². The first-order valence-electron chi connectivity index (χ1n) is 5.85. The summed E-state index contributed by atoms with van der Waals surface area (Å²) in [4.78, 5) is 0. The van der Waals surface area contributed by atoms with E-state index < -0.39 is 0 Å². The zero-order chi connectivity index (χ0) is 10.4. The van der Waals surface area contributed by atoms with Crippen molar-refractivity contribution in [3.05, 3.63) is 0 Å². The van der Waals surface area contributed by atoms with Gasteiger partial charge in [0.15, 0.2) is 0 Å². The fourth-order valence-electron chi connectivity index (χ4n) is 3.58. The summed E-state index contributed by atoms with van der Waals surface area (Å²) in [6, 6.07) is 0. The third-order valence-corrected chi connectivity index (χ3v) is 4.09. The van der Waals surface area contributed by atoms with Crippen LogP contribution in [0, 0.1) is 11.3 Å². The SMILES string of the molecule is C[C@@H]1CC(C)(C)C[C@@]12CC[C@H](CN)O2. The van der Waals surface area contributed by atoms with Crippen LogP contribution in [0.25, 0.3) is 0 Å². The van der Waals surface area contributed by atoms with E-state index in [1.807, 2.05) is 0 Å². The molecule has 1 aliphatic heterocycles. The van der Waals surface area contributed by atoms with Crippen molar-refractivity contribution in [2.24, 2.45) is 17.1 Å². The van der Waals surface area contributed by atoms with Crippen LogP contribution in [0.3, 0.4) is 0 Å². The normalized spacial score (nSPS) is 46.3. The number of rotatable bonds is 1. The molecular formula is C12H23NO. The number of hydrogen-bond acceptors (Lipinski definition) is 2. The molecule has 0 aromatic carbocycles. The van der Waals surface area contributed by atoms with E-state index in [2.05, 4.69) is 20.8 Å². The fraction of sp³-hybridized carbons (Fsp3) is 1.00. The van der Waals surface area contributed by atoms with Crippen LogP contribution in [0.5, 0.6) is 0 Å². The highest BCUT2D eigenvalue weighted by molar-refractivity contribution is 5.03. The smallest absolute Gasteiger partial charge is 0.0718 e. The summed E-state index contributed by atoms with van der Waals surface area (Å²) < 4.78 is 6.18. The van der Waals surface area contributed by atoms with Crippen LogP contribution in [-0.2, 0) is 4.74 Å². The van der Waals surface area contributed by atoms with Gasteiger partial charge in [-0.15, -0.1) is 0 Å². The number of hydrogen-bond donors (Lipinski definition) is 1. The summed E-state index contributed by atoms with van der Waals surface area (Å²) in [5, 5.41) is 0. The maximum absolute atomic E-state index is 6.18. The van der Waals surface area contributed by atoms with E-state index in [1.165, 1.54) is 19.3 Å². The van der Waals surface area contributed by atoms with Gasteiger partial charge < -0.3 is 10.5 Å². The number of ether oxygens (including phenoxy) is 1. The van der Waals surface area contributed by atoms with Crippen LogP contribution in [0.4, 0.5) is 0 Å². The Morgan fingerprint density at radius 2 is 2.14 bits per heavy atom. The minimum atomic E-state index is 0.174. The summed E-state index contributed by atoms with van der Waals surface area (Å²) in [6.07, 6.45) is 5.23. The van der Waals surface area contributed by atoms with Crippen LogP contribution < -0.4 is 5.73 Å². The third kappa shape index (κ3) is 1.59. The molecule has 2 heteroatoms. The van der Waals surface area contributed by atoms with E-state index in [9.17, 15) is 0 Å². The van der Waals surface area contributed by atoms with Crippen molar-refractivity contribution >= 4 is 0 Å². The van der Waals surface area contributed by atoms with E-state index >= 15 is 0 Å². The van der Waals surface area contributed by atoms with Crippen molar-refractivity contribution in [3.8, 4) is 0 Å². The molecule has 0 aromatic heterocycles. The van der Waals surface area contributed by atoms with Gasteiger partial charge in [0.25, 0.3) is 0 Å². The molecule has 82 valence electrons. The van der Waals surface area contributed by atoms with E-state index in [1.54, 1.807) is 0 Å². The van der Waals surface area contributed by atoms with Gasteiger partial charge in [-0.05, 0) is 37.0 Å². The quantitative estimate of drug-likeness (QED) is 0.700. The van der Waals surface area contributed by atoms with Crippen molar-refractivity contribution in [1.82, 2.24) is 0 Å². The molecule has 1 saturated carbocycles. The molecular weight excluding hydrogens is 174 g/mol. The molecule has 14 heavy (non-hydrogen) atoms. The van der Waals surface area contributed by atoms with Gasteiger partial charge in [0.2, 0.25) is 0 Å². The fourth-order valence-corrected chi connectivity index (χ4v) is 3.58. The first kappa shape index (κ1) is 10.4. The summed E-state index contributed by atoms with van der Waals surface area (Å²) in [6.45, 7) is 7.75. The van der Waals surface area contributed by atoms with Crippen LogP contribution in [0.15, 0.2) is 0 Å². The molecule has 2 N–H and O–H groups in total. The first-order chi connectivity index (χ1) is 6.47. The first-order valence-corrected chi connectivity index (χ1v) is 5.85. The van der Waals surface area contributed by atoms with Crippen molar-refractivity contribution in [2.75, 3.05) is 6.54 Å². The van der Waals surface area contributed by atoms with Crippen molar-refractivity contribution < 1.29 is 4.74 Å². The topological polar surface area (TPSA) is 35.2 Å². The maximum atomic E-state index is 6.18. The molecule has 2 rings (SSSR count). The molecule has 0 radical (unpaired) electrons. The largest absolute Gasteiger partial charge is 0.370 e. The van der Waals surface area contributed by atoms with Crippen LogP contribution in [0.1, 0.15) is 46.5 Å². The minimum Gasteiger partial charge on any atom is -0.370 e. The van der Waals surface area contributed by atoms with Gasteiger partial charge in [-0.3, -0.25) is 0 Å². The predicted octanol–water partition coefficient (Wildman–Crippen LogP) is 2.32. The Bertz CT molecular complexity index is 226. The lowest BCUT2D eigenvalue weighted by molar-refractivity contribution is -0.0615. The Balaban J connectivity index is 2.11. The molecule has 3 atom stereocenters. The average Bonchev–Trinajstić information content (AvgIpc) is 2.56. The Morgan fingerprint density at radius 3 is 2.57 bits per heavy atom. The number of nitrogens with two attached hydrogens (primary N) is 1. The second-order valence-electron chi connectivity index (χ2n) is 6.03. The Hall–Kier alpha value is -0.0800. The molecule has 0 amide bonds. The van der Waals surface area contributed by atoms with Gasteiger partial charge in [0.1, 0.15) is 0 Å². The molecule has 2 aliphatic rings. The standard InChI is InChI=1S/C12H23NO/c1-9-6-11(2,3)8-12(9)5-4-10(7-13)14-12/h9-10H,4-8,13H2,1-3H3/t9-,10-,12+/m1/s1. The zero-order valence-electron chi connectivity index (χ0n) is 9.68. The van der Waals surface area contributed by atoms with E-state index in [0.29, 0.717) is 24.0 Å². The van der Waals surface area contributed by atoms with Crippen LogP contribution in [-0.4, -0.2) is 18.2 Å². The zero-order valence-corrected chi connectivity index (χ0v) is 9.68. The molecule has 0 unspecified atom stereocenters. The second kappa shape index (κ2) is 3.21. The van der Waals surface area contributed by atoms with Gasteiger partial charge in [-0.1, -0.05) is 20.8 Å². The molecule has 2 nitrogen and oxygen atoms in total. The van der Waals surface area contributed by atoms with Gasteiger partial charge in [-0.2, -0.15) is 0 Å². The molecule has 0 bridgehead atoms. The lowest BCUT2D eigenvalue weighted by Crippen LogP contribution is -2.34. The lowest BCUT2D eigenvalue weighted by atomic mass is 9.87. The summed E-state index contributed by atoms with van der Waals surface area (Å²) in [7, 11) is 0. The van der Waals surface area contributed by atoms with Crippen molar-refractivity contribution in [1.29, 1.82) is 0 Å². The van der Waals surface area contributed by atoms with Gasteiger partial charge in [0.05, 0.1) is 11.7 Å².